The average molecular weight is 639 g/mol. The smallest absolute Gasteiger partial charge is 0.244 e. The molecular formula is C30H34Cl3N3O4S. The van der Waals surface area contributed by atoms with Gasteiger partial charge in [0.05, 0.1) is 11.9 Å². The number of nitrogens with zero attached hydrogens (tertiary/aromatic N) is 2. The lowest BCUT2D eigenvalue weighted by atomic mass is 10.0. The van der Waals surface area contributed by atoms with E-state index in [0.29, 0.717) is 26.2 Å². The van der Waals surface area contributed by atoms with Crippen molar-refractivity contribution < 1.29 is 18.0 Å². The van der Waals surface area contributed by atoms with Crippen LogP contribution in [0.1, 0.15) is 37.5 Å². The first-order chi connectivity index (χ1) is 19.1. The van der Waals surface area contributed by atoms with Crippen LogP contribution in [0.3, 0.4) is 0 Å². The van der Waals surface area contributed by atoms with Gasteiger partial charge in [-0.3, -0.25) is 13.9 Å². The van der Waals surface area contributed by atoms with Crippen LogP contribution in [0.4, 0.5) is 5.69 Å². The molecule has 41 heavy (non-hydrogen) atoms. The number of nitrogens with one attached hydrogen (secondary N) is 1. The highest BCUT2D eigenvalue weighted by molar-refractivity contribution is 7.92. The third kappa shape index (κ3) is 8.85. The number of anilines is 1. The van der Waals surface area contributed by atoms with Crippen LogP contribution in [0.25, 0.3) is 0 Å². The van der Waals surface area contributed by atoms with Crippen molar-refractivity contribution in [3.05, 3.63) is 98.5 Å². The molecule has 220 valence electrons. The molecule has 0 saturated carbocycles. The maximum Gasteiger partial charge on any atom is 0.244 e. The molecule has 0 heterocycles. The zero-order valence-corrected chi connectivity index (χ0v) is 26.7. The Balaban J connectivity index is 2.15. The molecule has 11 heteroatoms. The maximum atomic E-state index is 14.2. The van der Waals surface area contributed by atoms with Crippen molar-refractivity contribution in [2.75, 3.05) is 17.1 Å². The first-order valence-corrected chi connectivity index (χ1v) is 15.9. The largest absolute Gasteiger partial charge is 0.350 e. The first kappa shape index (κ1) is 32.7. The van der Waals surface area contributed by atoms with Gasteiger partial charge in [0.2, 0.25) is 21.8 Å². The molecule has 2 amide bonds. The van der Waals surface area contributed by atoms with Crippen LogP contribution in [-0.4, -0.2) is 49.5 Å². The highest BCUT2D eigenvalue weighted by atomic mass is 35.5. The summed E-state index contributed by atoms with van der Waals surface area (Å²) in [6.45, 7) is 6.50. The van der Waals surface area contributed by atoms with E-state index in [0.717, 1.165) is 16.1 Å². The van der Waals surface area contributed by atoms with Gasteiger partial charge in [0, 0.05) is 39.1 Å². The molecule has 0 spiro atoms. The quantitative estimate of drug-likeness (QED) is 0.283. The third-order valence-electron chi connectivity index (χ3n) is 6.35. The van der Waals surface area contributed by atoms with Crippen molar-refractivity contribution in [1.82, 2.24) is 10.2 Å². The average Bonchev–Trinajstić information content (AvgIpc) is 2.87. The second-order valence-electron chi connectivity index (χ2n) is 10.8. The number of carbonyl (C=O) groups is 2. The Morgan fingerprint density at radius 2 is 1.44 bits per heavy atom. The van der Waals surface area contributed by atoms with Crippen LogP contribution in [0.15, 0.2) is 66.7 Å². The fourth-order valence-electron chi connectivity index (χ4n) is 4.32. The minimum atomic E-state index is -3.93. The van der Waals surface area contributed by atoms with Crippen molar-refractivity contribution in [3.63, 3.8) is 0 Å². The van der Waals surface area contributed by atoms with Crippen molar-refractivity contribution in [3.8, 4) is 0 Å². The van der Waals surface area contributed by atoms with Gasteiger partial charge in [0.25, 0.3) is 0 Å². The Morgan fingerprint density at radius 3 is 2.00 bits per heavy atom. The van der Waals surface area contributed by atoms with Crippen LogP contribution < -0.4 is 9.62 Å². The molecule has 3 rings (SSSR count). The van der Waals surface area contributed by atoms with E-state index in [1.807, 2.05) is 51.1 Å². The summed E-state index contributed by atoms with van der Waals surface area (Å²) < 4.78 is 27.0. The second-order valence-corrected chi connectivity index (χ2v) is 13.9. The van der Waals surface area contributed by atoms with Crippen LogP contribution in [-0.2, 0) is 32.6 Å². The Morgan fingerprint density at radius 1 is 0.878 bits per heavy atom. The predicted octanol–water partition coefficient (Wildman–Crippen LogP) is 6.28. The lowest BCUT2D eigenvalue weighted by Crippen LogP contribution is -2.56. The van der Waals surface area contributed by atoms with E-state index in [9.17, 15) is 18.0 Å². The molecule has 0 fully saturated rings. The van der Waals surface area contributed by atoms with Crippen LogP contribution in [0.2, 0.25) is 15.1 Å². The summed E-state index contributed by atoms with van der Waals surface area (Å²) in [6, 6.07) is 18.1. The predicted molar refractivity (Wildman–Crippen MR) is 167 cm³/mol. The summed E-state index contributed by atoms with van der Waals surface area (Å²) in [5, 5.41) is 3.96. The molecule has 1 atom stereocenters. The van der Waals surface area contributed by atoms with Crippen molar-refractivity contribution in [2.24, 2.45) is 0 Å². The number of amides is 2. The third-order valence-corrected chi connectivity index (χ3v) is 8.59. The number of hydrogen-bond acceptors (Lipinski definition) is 4. The molecule has 7 nitrogen and oxygen atoms in total. The van der Waals surface area contributed by atoms with E-state index >= 15 is 0 Å². The molecule has 3 aromatic rings. The normalized spacial score (nSPS) is 12.5. The lowest BCUT2D eigenvalue weighted by molar-refractivity contribution is -0.140. The number of sulfonamides is 1. The molecule has 3 aromatic carbocycles. The van der Waals surface area contributed by atoms with E-state index in [-0.39, 0.29) is 18.7 Å². The SMILES string of the molecule is Cc1c(Cl)cccc1N(CC(=O)N(Cc1c(Cl)cccc1Cl)[C@H](Cc1ccccc1)C(=O)NC(C)(C)C)S(C)(=O)=O. The summed E-state index contributed by atoms with van der Waals surface area (Å²) >= 11 is 19.3. The first-order valence-electron chi connectivity index (χ1n) is 12.9. The van der Waals surface area contributed by atoms with Gasteiger partial charge in [-0.15, -0.1) is 0 Å². The minimum Gasteiger partial charge on any atom is -0.350 e. The standard InChI is InChI=1S/C30H34Cl3N3O4S/c1-20-23(31)13-10-16-26(20)36(41(5,39)40)19-28(37)35(18-22-24(32)14-9-15-25(22)33)27(29(38)34-30(2,3)4)17-21-11-7-6-8-12-21/h6-16,27H,17-19H2,1-5H3,(H,34,38)/t27-/m1/s1. The fraction of sp³-hybridized carbons (Fsp3) is 0.333. The highest BCUT2D eigenvalue weighted by Crippen LogP contribution is 2.30. The van der Waals surface area contributed by atoms with Gasteiger partial charge in [-0.25, -0.2) is 8.42 Å². The van der Waals surface area contributed by atoms with E-state index in [1.165, 1.54) is 4.90 Å². The summed E-state index contributed by atoms with van der Waals surface area (Å²) in [5.41, 5.74) is 1.42. The molecule has 0 aliphatic carbocycles. The van der Waals surface area contributed by atoms with Gasteiger partial charge in [0.1, 0.15) is 12.6 Å². The van der Waals surface area contributed by atoms with E-state index in [2.05, 4.69) is 5.32 Å². The summed E-state index contributed by atoms with van der Waals surface area (Å²) in [7, 11) is -3.93. The molecule has 0 unspecified atom stereocenters. The summed E-state index contributed by atoms with van der Waals surface area (Å²) in [6.07, 6.45) is 1.19. The van der Waals surface area contributed by atoms with Crippen molar-refractivity contribution in [2.45, 2.75) is 52.2 Å². The van der Waals surface area contributed by atoms with Crippen molar-refractivity contribution in [1.29, 1.82) is 0 Å². The molecule has 0 aliphatic heterocycles. The van der Waals surface area contributed by atoms with Gasteiger partial charge in [-0.2, -0.15) is 0 Å². The van der Waals surface area contributed by atoms with Gasteiger partial charge in [-0.1, -0.05) is 77.3 Å². The van der Waals surface area contributed by atoms with Gasteiger partial charge in [-0.05, 0) is 63.1 Å². The van der Waals surface area contributed by atoms with Gasteiger partial charge >= 0.3 is 0 Å². The Hall–Kier alpha value is -2.78. The van der Waals surface area contributed by atoms with E-state index in [1.54, 1.807) is 43.3 Å². The number of carbonyl (C=O) groups excluding carboxylic acids is 2. The van der Waals surface area contributed by atoms with E-state index < -0.39 is 40.0 Å². The van der Waals surface area contributed by atoms with Crippen LogP contribution in [0.5, 0.6) is 0 Å². The zero-order chi connectivity index (χ0) is 30.5. The monoisotopic (exact) mass is 637 g/mol. The second kappa shape index (κ2) is 13.5. The van der Waals surface area contributed by atoms with Crippen LogP contribution in [0, 0.1) is 6.92 Å². The number of rotatable bonds is 10. The topological polar surface area (TPSA) is 86.8 Å². The Bertz CT molecular complexity index is 1490. The zero-order valence-electron chi connectivity index (χ0n) is 23.6. The van der Waals surface area contributed by atoms with Crippen molar-refractivity contribution >= 4 is 62.3 Å². The molecular weight excluding hydrogens is 605 g/mol. The molecule has 1 N–H and O–H groups in total. The molecule has 0 saturated heterocycles. The summed E-state index contributed by atoms with van der Waals surface area (Å²) in [4.78, 5) is 29.4. The molecule has 0 bridgehead atoms. The molecule has 0 radical (unpaired) electrons. The maximum absolute atomic E-state index is 14.2. The number of benzene rings is 3. The lowest BCUT2D eigenvalue weighted by Gasteiger charge is -2.35. The van der Waals surface area contributed by atoms with E-state index in [4.69, 9.17) is 34.8 Å². The van der Waals surface area contributed by atoms with Crippen LogP contribution >= 0.6 is 34.8 Å². The highest BCUT2D eigenvalue weighted by Gasteiger charge is 2.35. The number of halogens is 3. The Labute approximate surface area is 257 Å². The Kier molecular flexibility index (Phi) is 10.7. The van der Waals surface area contributed by atoms with Gasteiger partial charge < -0.3 is 10.2 Å². The summed E-state index contributed by atoms with van der Waals surface area (Å²) in [5.74, 6) is -1.02. The molecule has 0 aliphatic rings. The number of hydrogen-bond donors (Lipinski definition) is 1. The minimum absolute atomic E-state index is 0.126. The van der Waals surface area contributed by atoms with Gasteiger partial charge in [0.15, 0.2) is 0 Å². The fourth-order valence-corrected chi connectivity index (χ4v) is 5.91. The molecule has 0 aromatic heterocycles.